The number of carboxylic acid groups (broad SMARTS) is 1. The lowest BCUT2D eigenvalue weighted by Gasteiger charge is -2.45. The van der Waals surface area contributed by atoms with Crippen LogP contribution in [0.2, 0.25) is 0 Å². The van der Waals surface area contributed by atoms with E-state index >= 15 is 0 Å². The van der Waals surface area contributed by atoms with Gasteiger partial charge in [-0.05, 0) is 10.8 Å². The summed E-state index contributed by atoms with van der Waals surface area (Å²) >= 11 is 0. The maximum absolute atomic E-state index is 11.5. The zero-order valence-corrected chi connectivity index (χ0v) is 9.26. The highest BCUT2D eigenvalue weighted by molar-refractivity contribution is 5.84. The van der Waals surface area contributed by atoms with Gasteiger partial charge in [-0.1, -0.05) is 27.7 Å². The summed E-state index contributed by atoms with van der Waals surface area (Å²) in [7, 11) is 0. The second-order valence-corrected chi connectivity index (χ2v) is 5.64. The van der Waals surface area contributed by atoms with Crippen molar-refractivity contribution in [2.75, 3.05) is 0 Å². The van der Waals surface area contributed by atoms with Crippen LogP contribution in [0.5, 0.6) is 0 Å². The summed E-state index contributed by atoms with van der Waals surface area (Å²) in [5, 5.41) is 9.18. The van der Waals surface area contributed by atoms with Crippen molar-refractivity contribution in [3.05, 3.63) is 0 Å². The fourth-order valence-electron chi connectivity index (χ4n) is 3.01. The Balaban J connectivity index is 3.09. The number of Topliss-reactive ketones (excluding diaryl/α,β-unsaturated/α-hetero) is 1. The lowest BCUT2D eigenvalue weighted by atomic mass is 9.57. The molecule has 3 nitrogen and oxygen atoms in total. The number of carbonyl (C=O) groups is 2. The lowest BCUT2D eigenvalue weighted by Crippen LogP contribution is -2.48. The summed E-state index contributed by atoms with van der Waals surface area (Å²) in [4.78, 5) is 22.7. The van der Waals surface area contributed by atoms with Crippen molar-refractivity contribution in [1.82, 2.24) is 0 Å². The minimum Gasteiger partial charge on any atom is -0.481 e. The summed E-state index contributed by atoms with van der Waals surface area (Å²) in [5.41, 5.74) is -0.852. The molecular weight excluding hydrogens is 180 g/mol. The first-order chi connectivity index (χ1) is 6.17. The van der Waals surface area contributed by atoms with E-state index < -0.39 is 22.7 Å². The molecule has 0 unspecified atom stereocenters. The Bertz CT molecular complexity index is 256. The molecule has 0 spiro atoms. The number of rotatable bonds is 1. The van der Waals surface area contributed by atoms with Crippen LogP contribution in [-0.2, 0) is 9.59 Å². The number of carbonyl (C=O) groups excluding carboxylic acids is 1. The number of aliphatic carboxylic acids is 1. The summed E-state index contributed by atoms with van der Waals surface area (Å²) in [6, 6.07) is 0. The van der Waals surface area contributed by atoms with E-state index in [9.17, 15) is 14.7 Å². The molecule has 0 bridgehead atoms. The molecule has 80 valence electrons. The van der Waals surface area contributed by atoms with Crippen LogP contribution in [0.3, 0.4) is 0 Å². The van der Waals surface area contributed by atoms with Gasteiger partial charge in [0.1, 0.15) is 5.78 Å². The summed E-state index contributed by atoms with van der Waals surface area (Å²) in [6.45, 7) is 7.46. The van der Waals surface area contributed by atoms with Gasteiger partial charge in [0.05, 0.1) is 5.92 Å². The highest BCUT2D eigenvalue weighted by atomic mass is 16.4. The van der Waals surface area contributed by atoms with Crippen molar-refractivity contribution in [3.8, 4) is 0 Å². The molecule has 0 aromatic heterocycles. The van der Waals surface area contributed by atoms with E-state index in [4.69, 9.17) is 0 Å². The van der Waals surface area contributed by atoms with Gasteiger partial charge < -0.3 is 5.11 Å². The van der Waals surface area contributed by atoms with Gasteiger partial charge in [-0.2, -0.15) is 0 Å². The number of hydrogen-bond acceptors (Lipinski definition) is 2. The molecule has 0 radical (unpaired) electrons. The second-order valence-electron chi connectivity index (χ2n) is 5.64. The van der Waals surface area contributed by atoms with Crippen molar-refractivity contribution < 1.29 is 14.7 Å². The van der Waals surface area contributed by atoms with E-state index in [0.717, 1.165) is 0 Å². The highest BCUT2D eigenvalue weighted by Crippen LogP contribution is 2.49. The van der Waals surface area contributed by atoms with Crippen LogP contribution in [0.15, 0.2) is 0 Å². The van der Waals surface area contributed by atoms with Gasteiger partial charge in [0.25, 0.3) is 0 Å². The third-order valence-corrected chi connectivity index (χ3v) is 3.12. The van der Waals surface area contributed by atoms with Crippen molar-refractivity contribution in [1.29, 1.82) is 0 Å². The summed E-state index contributed by atoms with van der Waals surface area (Å²) in [5.74, 6) is -1.04. The Morgan fingerprint density at radius 1 is 1.21 bits per heavy atom. The van der Waals surface area contributed by atoms with Crippen molar-refractivity contribution in [2.24, 2.45) is 16.7 Å². The van der Waals surface area contributed by atoms with Crippen LogP contribution in [-0.4, -0.2) is 16.9 Å². The van der Waals surface area contributed by atoms with E-state index in [0.29, 0.717) is 12.8 Å². The molecule has 1 aliphatic rings. The van der Waals surface area contributed by atoms with Gasteiger partial charge in [0.15, 0.2) is 0 Å². The first-order valence-electron chi connectivity index (χ1n) is 4.91. The molecule has 1 aliphatic carbocycles. The van der Waals surface area contributed by atoms with Crippen LogP contribution >= 0.6 is 0 Å². The largest absolute Gasteiger partial charge is 0.481 e. The maximum atomic E-state index is 11.5. The summed E-state index contributed by atoms with van der Waals surface area (Å²) in [6.07, 6.45) is 0.765. The quantitative estimate of drug-likeness (QED) is 0.702. The molecule has 0 aromatic rings. The molecule has 0 saturated heterocycles. The highest BCUT2D eigenvalue weighted by Gasteiger charge is 2.50. The molecule has 0 amide bonds. The fraction of sp³-hybridized carbons (Fsp3) is 0.818. The zero-order valence-electron chi connectivity index (χ0n) is 9.26. The van der Waals surface area contributed by atoms with Gasteiger partial charge >= 0.3 is 5.97 Å². The number of carboxylic acids is 1. The Labute approximate surface area is 84.5 Å². The zero-order chi connectivity index (χ0) is 11.1. The van der Waals surface area contributed by atoms with E-state index in [2.05, 4.69) is 0 Å². The molecule has 1 rings (SSSR count). The lowest BCUT2D eigenvalue weighted by molar-refractivity contribution is -0.158. The average molecular weight is 198 g/mol. The Morgan fingerprint density at radius 3 is 1.86 bits per heavy atom. The first-order valence-corrected chi connectivity index (χ1v) is 4.91. The molecule has 0 atom stereocenters. The molecule has 0 aromatic carbocycles. The molecule has 1 saturated carbocycles. The Kier molecular flexibility index (Phi) is 2.46. The fourth-order valence-corrected chi connectivity index (χ4v) is 3.01. The van der Waals surface area contributed by atoms with E-state index in [1.165, 1.54) is 0 Å². The second kappa shape index (κ2) is 3.07. The molecule has 3 heteroatoms. The van der Waals surface area contributed by atoms with Crippen LogP contribution < -0.4 is 0 Å². The predicted molar refractivity (Wildman–Crippen MR) is 52.9 cm³/mol. The van der Waals surface area contributed by atoms with Gasteiger partial charge in [-0.25, -0.2) is 0 Å². The average Bonchev–Trinajstić information content (AvgIpc) is 1.75. The van der Waals surface area contributed by atoms with Crippen molar-refractivity contribution >= 4 is 11.8 Å². The molecule has 0 heterocycles. The van der Waals surface area contributed by atoms with Gasteiger partial charge in [0, 0.05) is 12.8 Å². The third kappa shape index (κ3) is 1.81. The third-order valence-electron chi connectivity index (χ3n) is 3.12. The van der Waals surface area contributed by atoms with E-state index in [1.807, 2.05) is 27.7 Å². The predicted octanol–water partition coefficient (Wildman–Crippen LogP) is 2.10. The van der Waals surface area contributed by atoms with Crippen LogP contribution in [0.4, 0.5) is 0 Å². The SMILES string of the molecule is CC1(C)CC(=O)CC(C)(C)C1C(=O)O. The number of hydrogen-bond donors (Lipinski definition) is 1. The maximum Gasteiger partial charge on any atom is 0.307 e. The summed E-state index contributed by atoms with van der Waals surface area (Å²) < 4.78 is 0. The standard InChI is InChI=1S/C11H18O3/c1-10(2)5-7(12)6-11(3,4)8(10)9(13)14/h8H,5-6H2,1-4H3,(H,13,14). The van der Waals surface area contributed by atoms with Crippen LogP contribution in [0, 0.1) is 16.7 Å². The first kappa shape index (κ1) is 11.2. The monoisotopic (exact) mass is 198 g/mol. The smallest absolute Gasteiger partial charge is 0.307 e. The van der Waals surface area contributed by atoms with Crippen molar-refractivity contribution in [2.45, 2.75) is 40.5 Å². The van der Waals surface area contributed by atoms with Crippen molar-refractivity contribution in [3.63, 3.8) is 0 Å². The molecule has 0 aliphatic heterocycles. The topological polar surface area (TPSA) is 54.4 Å². The van der Waals surface area contributed by atoms with Crippen LogP contribution in [0.1, 0.15) is 40.5 Å². The normalized spacial score (nSPS) is 26.1. The van der Waals surface area contributed by atoms with Gasteiger partial charge in [0.2, 0.25) is 0 Å². The molecule has 1 N–H and O–H groups in total. The minimum atomic E-state index is -0.785. The molecular formula is C11H18O3. The number of ketones is 1. The van der Waals surface area contributed by atoms with Crippen LogP contribution in [0.25, 0.3) is 0 Å². The van der Waals surface area contributed by atoms with E-state index in [-0.39, 0.29) is 5.78 Å². The molecule has 1 fully saturated rings. The Hall–Kier alpha value is -0.860. The minimum absolute atomic E-state index is 0.178. The van der Waals surface area contributed by atoms with Gasteiger partial charge in [-0.15, -0.1) is 0 Å². The molecule has 14 heavy (non-hydrogen) atoms. The van der Waals surface area contributed by atoms with Gasteiger partial charge in [-0.3, -0.25) is 9.59 Å². The van der Waals surface area contributed by atoms with E-state index in [1.54, 1.807) is 0 Å². The Morgan fingerprint density at radius 2 is 1.57 bits per heavy atom.